The molecule has 1 unspecified atom stereocenters. The number of unbranched alkanes of at least 4 members (excludes halogenated alkanes) is 1. The molecule has 0 amide bonds. The summed E-state index contributed by atoms with van der Waals surface area (Å²) in [7, 11) is 0. The maximum Gasteiger partial charge on any atom is 0.0482 e. The van der Waals surface area contributed by atoms with Gasteiger partial charge in [0.25, 0.3) is 0 Å². The number of allylic oxidation sites excluding steroid dienone is 5. The molecule has 0 saturated carbocycles. The lowest BCUT2D eigenvalue weighted by Crippen LogP contribution is -2.18. The van der Waals surface area contributed by atoms with Crippen molar-refractivity contribution in [3.8, 4) is 0 Å². The minimum Gasteiger partial charge on any atom is -0.379 e. The van der Waals surface area contributed by atoms with Crippen molar-refractivity contribution < 1.29 is 0 Å². The lowest BCUT2D eigenvalue weighted by Gasteiger charge is -2.06. The number of hydrogen-bond donors (Lipinski definition) is 1. The average molecular weight is 251 g/mol. The zero-order valence-electron chi connectivity index (χ0n) is 11.5. The van der Waals surface area contributed by atoms with Gasteiger partial charge in [-0.3, -0.25) is 0 Å². The van der Waals surface area contributed by atoms with Crippen molar-refractivity contribution in [2.75, 3.05) is 0 Å². The molecule has 1 aliphatic heterocycles. The van der Waals surface area contributed by atoms with Gasteiger partial charge >= 0.3 is 0 Å². The second-order valence-corrected chi connectivity index (χ2v) is 4.74. The lowest BCUT2D eigenvalue weighted by molar-refractivity contribution is 0.731. The van der Waals surface area contributed by atoms with Gasteiger partial charge in [-0.15, -0.1) is 11.5 Å². The van der Waals surface area contributed by atoms with Crippen LogP contribution in [0.3, 0.4) is 0 Å². The summed E-state index contributed by atoms with van der Waals surface area (Å²) in [6.07, 6.45) is 21.1. The van der Waals surface area contributed by atoms with Crippen LogP contribution in [-0.4, -0.2) is 6.04 Å². The lowest BCUT2D eigenvalue weighted by atomic mass is 10.0. The van der Waals surface area contributed by atoms with Gasteiger partial charge in [0.15, 0.2) is 0 Å². The first-order valence-corrected chi connectivity index (χ1v) is 6.98. The van der Waals surface area contributed by atoms with Crippen LogP contribution in [0.25, 0.3) is 0 Å². The summed E-state index contributed by atoms with van der Waals surface area (Å²) in [5.41, 5.74) is 9.03. The third-order valence-corrected chi connectivity index (χ3v) is 3.24. The number of rotatable bonds is 4. The van der Waals surface area contributed by atoms with Crippen molar-refractivity contribution >= 4 is 0 Å². The molecule has 0 bridgehead atoms. The first-order valence-electron chi connectivity index (χ1n) is 6.98. The van der Waals surface area contributed by atoms with Crippen molar-refractivity contribution in [3.63, 3.8) is 0 Å². The summed E-state index contributed by atoms with van der Waals surface area (Å²) in [6.45, 7) is 1.99. The molecule has 1 aliphatic carbocycles. The summed E-state index contributed by atoms with van der Waals surface area (Å²) in [6, 6.07) is 0.451. The second-order valence-electron chi connectivity index (χ2n) is 4.74. The molecular formula is C18H21N. The minimum absolute atomic E-state index is 0.451. The van der Waals surface area contributed by atoms with Crippen LogP contribution < -0.4 is 5.32 Å². The third-order valence-electron chi connectivity index (χ3n) is 3.24. The number of hydrogen-bond acceptors (Lipinski definition) is 1. The quantitative estimate of drug-likeness (QED) is 0.445. The van der Waals surface area contributed by atoms with Gasteiger partial charge in [0, 0.05) is 11.7 Å². The maximum absolute atomic E-state index is 3.57. The van der Waals surface area contributed by atoms with Crippen molar-refractivity contribution in [3.05, 3.63) is 71.3 Å². The molecule has 2 rings (SSSR count). The van der Waals surface area contributed by atoms with Gasteiger partial charge in [0.1, 0.15) is 0 Å². The molecule has 0 fully saturated rings. The zero-order chi connectivity index (χ0) is 13.3. The van der Waals surface area contributed by atoms with E-state index in [0.29, 0.717) is 6.04 Å². The van der Waals surface area contributed by atoms with Crippen LogP contribution in [0, 0.1) is 0 Å². The SMILES string of the molecule is CC=C=CCC/C=C\C1CC2=C(/C=C\C=C=CC2)N1. The van der Waals surface area contributed by atoms with Crippen molar-refractivity contribution in [2.45, 2.75) is 38.6 Å². The monoisotopic (exact) mass is 251 g/mol. The van der Waals surface area contributed by atoms with Gasteiger partial charge in [-0.25, -0.2) is 0 Å². The van der Waals surface area contributed by atoms with E-state index in [9.17, 15) is 0 Å². The topological polar surface area (TPSA) is 12.0 Å². The maximum atomic E-state index is 3.57. The van der Waals surface area contributed by atoms with Crippen LogP contribution in [0.2, 0.25) is 0 Å². The molecular weight excluding hydrogens is 230 g/mol. The Labute approximate surface area is 116 Å². The molecule has 1 nitrogen and oxygen atoms in total. The molecule has 0 spiro atoms. The van der Waals surface area contributed by atoms with Crippen molar-refractivity contribution in [1.29, 1.82) is 0 Å². The predicted octanol–water partition coefficient (Wildman–Crippen LogP) is 4.34. The first-order chi connectivity index (χ1) is 9.40. The van der Waals surface area contributed by atoms with Crippen LogP contribution in [0.15, 0.2) is 71.3 Å². The summed E-state index contributed by atoms with van der Waals surface area (Å²) in [4.78, 5) is 0. The third kappa shape index (κ3) is 4.34. The van der Waals surface area contributed by atoms with Crippen LogP contribution >= 0.6 is 0 Å². The Kier molecular flexibility index (Phi) is 5.31. The number of nitrogens with one attached hydrogen (secondary N) is 1. The van der Waals surface area contributed by atoms with Gasteiger partial charge in [0.05, 0.1) is 0 Å². The standard InChI is InChI=1S/C18H21N/c1-2-3-4-5-6-10-13-17-15-16-12-9-7-8-11-14-18(16)19-17/h2,4,8-11,13-14,17,19H,5-6,12,15H2,1H3/b13-10-,14-11-. The molecule has 1 heteroatoms. The summed E-state index contributed by atoms with van der Waals surface area (Å²) in [5, 5.41) is 3.57. The van der Waals surface area contributed by atoms with E-state index in [0.717, 1.165) is 25.7 Å². The first kappa shape index (κ1) is 13.5. The van der Waals surface area contributed by atoms with Gasteiger partial charge in [-0.1, -0.05) is 18.2 Å². The molecule has 0 saturated heterocycles. The van der Waals surface area contributed by atoms with Gasteiger partial charge in [-0.05, 0) is 68.6 Å². The van der Waals surface area contributed by atoms with E-state index in [-0.39, 0.29) is 0 Å². The predicted molar refractivity (Wildman–Crippen MR) is 81.7 cm³/mol. The molecule has 0 aromatic rings. The summed E-state index contributed by atoms with van der Waals surface area (Å²) >= 11 is 0. The second kappa shape index (κ2) is 7.48. The highest BCUT2D eigenvalue weighted by molar-refractivity contribution is 5.35. The molecule has 1 atom stereocenters. The summed E-state index contributed by atoms with van der Waals surface area (Å²) in [5.74, 6) is 0. The molecule has 0 aromatic carbocycles. The highest BCUT2D eigenvalue weighted by Crippen LogP contribution is 2.24. The molecule has 1 N–H and O–H groups in total. The Morgan fingerprint density at radius 3 is 3.32 bits per heavy atom. The zero-order valence-corrected chi connectivity index (χ0v) is 11.5. The minimum atomic E-state index is 0.451. The van der Waals surface area contributed by atoms with Crippen molar-refractivity contribution in [1.82, 2.24) is 5.32 Å². The Balaban J connectivity index is 1.82. The Hall–Kier alpha value is -1.94. The van der Waals surface area contributed by atoms with E-state index in [1.165, 1.54) is 11.3 Å². The molecule has 0 aromatic heterocycles. The Morgan fingerprint density at radius 2 is 2.42 bits per heavy atom. The fourth-order valence-electron chi connectivity index (χ4n) is 2.29. The Morgan fingerprint density at radius 1 is 1.47 bits per heavy atom. The smallest absolute Gasteiger partial charge is 0.0482 e. The van der Waals surface area contributed by atoms with Crippen LogP contribution in [0.5, 0.6) is 0 Å². The van der Waals surface area contributed by atoms with E-state index >= 15 is 0 Å². The van der Waals surface area contributed by atoms with Crippen LogP contribution in [-0.2, 0) is 0 Å². The molecule has 1 heterocycles. The fraction of sp³-hybridized carbons (Fsp3) is 0.333. The van der Waals surface area contributed by atoms with E-state index in [1.807, 2.05) is 25.2 Å². The normalized spacial score (nSPS) is 22.5. The van der Waals surface area contributed by atoms with E-state index in [4.69, 9.17) is 0 Å². The van der Waals surface area contributed by atoms with Gasteiger partial charge < -0.3 is 5.32 Å². The molecule has 98 valence electrons. The summed E-state index contributed by atoms with van der Waals surface area (Å²) < 4.78 is 0. The van der Waals surface area contributed by atoms with Crippen LogP contribution in [0.4, 0.5) is 0 Å². The van der Waals surface area contributed by atoms with Crippen LogP contribution in [0.1, 0.15) is 32.6 Å². The fourth-order valence-corrected chi connectivity index (χ4v) is 2.29. The highest BCUT2D eigenvalue weighted by atomic mass is 14.9. The highest BCUT2D eigenvalue weighted by Gasteiger charge is 2.18. The van der Waals surface area contributed by atoms with Gasteiger partial charge in [-0.2, -0.15) is 0 Å². The molecule has 19 heavy (non-hydrogen) atoms. The average Bonchev–Trinajstić information content (AvgIpc) is 2.75. The van der Waals surface area contributed by atoms with E-state index < -0.39 is 0 Å². The Bertz CT molecular complexity index is 516. The van der Waals surface area contributed by atoms with E-state index in [1.54, 1.807) is 0 Å². The molecule has 2 aliphatic rings. The van der Waals surface area contributed by atoms with Gasteiger partial charge in [0.2, 0.25) is 0 Å². The van der Waals surface area contributed by atoms with Crippen molar-refractivity contribution in [2.24, 2.45) is 0 Å². The largest absolute Gasteiger partial charge is 0.379 e. The van der Waals surface area contributed by atoms with E-state index in [2.05, 4.69) is 47.2 Å². The molecule has 0 radical (unpaired) electrons.